The molecule has 19 heavy (non-hydrogen) atoms. The van der Waals surface area contributed by atoms with Crippen molar-refractivity contribution in [3.05, 3.63) is 23.9 Å². The average molecular weight is 261 g/mol. The van der Waals surface area contributed by atoms with Crippen LogP contribution in [-0.2, 0) is 6.54 Å². The zero-order chi connectivity index (χ0) is 13.8. The Kier molecular flexibility index (Phi) is 4.81. The maximum Gasteiger partial charge on any atom is 0.129 e. The number of hydrogen-bond donors (Lipinski definition) is 1. The molecular formula is C16H27N3. The van der Waals surface area contributed by atoms with Gasteiger partial charge in [-0.15, -0.1) is 0 Å². The van der Waals surface area contributed by atoms with Crippen molar-refractivity contribution in [3.63, 3.8) is 0 Å². The molecule has 0 bridgehead atoms. The van der Waals surface area contributed by atoms with Crippen LogP contribution in [-0.4, -0.2) is 23.6 Å². The number of aromatic nitrogens is 1. The van der Waals surface area contributed by atoms with Gasteiger partial charge in [0.25, 0.3) is 0 Å². The summed E-state index contributed by atoms with van der Waals surface area (Å²) >= 11 is 0. The molecule has 1 fully saturated rings. The maximum absolute atomic E-state index is 4.55. The van der Waals surface area contributed by atoms with E-state index in [2.05, 4.69) is 55.0 Å². The van der Waals surface area contributed by atoms with Crippen molar-refractivity contribution in [3.8, 4) is 0 Å². The molecule has 1 saturated carbocycles. The predicted molar refractivity (Wildman–Crippen MR) is 81.4 cm³/mol. The van der Waals surface area contributed by atoms with Gasteiger partial charge in [0, 0.05) is 31.4 Å². The quantitative estimate of drug-likeness (QED) is 0.817. The Labute approximate surface area is 117 Å². The topological polar surface area (TPSA) is 28.2 Å². The molecule has 0 spiro atoms. The Hall–Kier alpha value is -1.09. The molecule has 0 amide bonds. The first-order valence-corrected chi connectivity index (χ1v) is 7.51. The Bertz CT molecular complexity index is 397. The van der Waals surface area contributed by atoms with Crippen molar-refractivity contribution in [2.45, 2.75) is 59.2 Å². The van der Waals surface area contributed by atoms with E-state index in [4.69, 9.17) is 0 Å². The second-order valence-electron chi connectivity index (χ2n) is 6.32. The van der Waals surface area contributed by atoms with Gasteiger partial charge in [-0.3, -0.25) is 0 Å². The van der Waals surface area contributed by atoms with Gasteiger partial charge in [-0.2, -0.15) is 0 Å². The molecule has 0 aliphatic heterocycles. The highest BCUT2D eigenvalue weighted by Crippen LogP contribution is 2.21. The van der Waals surface area contributed by atoms with Gasteiger partial charge < -0.3 is 10.2 Å². The standard InChI is InChI=1S/C16H27N3/c1-12(2)11-19(13(3)4)16-9-14(7-8-17-16)10-18-15-5-6-15/h7-9,12-13,15,18H,5-6,10-11H2,1-4H3. The molecular weight excluding hydrogens is 234 g/mol. The first-order valence-electron chi connectivity index (χ1n) is 7.51. The first-order chi connectivity index (χ1) is 9.06. The van der Waals surface area contributed by atoms with E-state index in [1.807, 2.05) is 6.20 Å². The third kappa shape index (κ3) is 4.50. The zero-order valence-corrected chi connectivity index (χ0v) is 12.7. The third-order valence-corrected chi connectivity index (χ3v) is 3.46. The molecule has 0 radical (unpaired) electrons. The average Bonchev–Trinajstić information content (AvgIpc) is 3.17. The molecule has 0 unspecified atom stereocenters. The van der Waals surface area contributed by atoms with Crippen molar-refractivity contribution in [1.82, 2.24) is 10.3 Å². The Morgan fingerprint density at radius 2 is 2.05 bits per heavy atom. The van der Waals surface area contributed by atoms with E-state index in [0.29, 0.717) is 12.0 Å². The van der Waals surface area contributed by atoms with Crippen LogP contribution in [0.3, 0.4) is 0 Å². The highest BCUT2D eigenvalue weighted by molar-refractivity contribution is 5.42. The summed E-state index contributed by atoms with van der Waals surface area (Å²) in [7, 11) is 0. The summed E-state index contributed by atoms with van der Waals surface area (Å²) < 4.78 is 0. The fourth-order valence-corrected chi connectivity index (χ4v) is 2.24. The summed E-state index contributed by atoms with van der Waals surface area (Å²) in [4.78, 5) is 6.95. The van der Waals surface area contributed by atoms with Gasteiger partial charge in [0.2, 0.25) is 0 Å². The lowest BCUT2D eigenvalue weighted by molar-refractivity contribution is 0.565. The highest BCUT2D eigenvalue weighted by Gasteiger charge is 2.20. The molecule has 1 aromatic heterocycles. The van der Waals surface area contributed by atoms with Gasteiger partial charge in [-0.25, -0.2) is 4.98 Å². The lowest BCUT2D eigenvalue weighted by Gasteiger charge is -2.29. The van der Waals surface area contributed by atoms with E-state index in [-0.39, 0.29) is 0 Å². The monoisotopic (exact) mass is 261 g/mol. The van der Waals surface area contributed by atoms with Gasteiger partial charge in [0.05, 0.1) is 0 Å². The normalized spacial score (nSPS) is 15.3. The molecule has 1 aliphatic carbocycles. The number of anilines is 1. The third-order valence-electron chi connectivity index (χ3n) is 3.46. The molecule has 2 rings (SSSR count). The van der Waals surface area contributed by atoms with Crippen LogP contribution >= 0.6 is 0 Å². The lowest BCUT2D eigenvalue weighted by atomic mass is 10.1. The predicted octanol–water partition coefficient (Wildman–Crippen LogP) is 3.20. The van der Waals surface area contributed by atoms with Gasteiger partial charge >= 0.3 is 0 Å². The number of nitrogens with zero attached hydrogens (tertiary/aromatic N) is 2. The molecule has 1 heterocycles. The summed E-state index contributed by atoms with van der Waals surface area (Å²) in [5.41, 5.74) is 1.34. The van der Waals surface area contributed by atoms with Crippen molar-refractivity contribution in [2.24, 2.45) is 5.92 Å². The van der Waals surface area contributed by atoms with Crippen LogP contribution in [0, 0.1) is 5.92 Å². The first kappa shape index (κ1) is 14.3. The summed E-state index contributed by atoms with van der Waals surface area (Å²) in [5, 5.41) is 3.56. The van der Waals surface area contributed by atoms with Crippen LogP contribution in [0.5, 0.6) is 0 Å². The molecule has 0 saturated heterocycles. The maximum atomic E-state index is 4.55. The smallest absolute Gasteiger partial charge is 0.129 e. The molecule has 0 aromatic carbocycles. The Morgan fingerprint density at radius 3 is 2.63 bits per heavy atom. The summed E-state index contributed by atoms with van der Waals surface area (Å²) in [6.45, 7) is 11.0. The van der Waals surface area contributed by atoms with Crippen LogP contribution in [0.15, 0.2) is 18.3 Å². The van der Waals surface area contributed by atoms with Crippen molar-refractivity contribution >= 4 is 5.82 Å². The second-order valence-corrected chi connectivity index (χ2v) is 6.32. The minimum absolute atomic E-state index is 0.488. The van der Waals surface area contributed by atoms with E-state index in [1.54, 1.807) is 0 Å². The summed E-state index contributed by atoms with van der Waals surface area (Å²) in [6.07, 6.45) is 4.61. The van der Waals surface area contributed by atoms with Gasteiger partial charge in [-0.1, -0.05) is 13.8 Å². The van der Waals surface area contributed by atoms with Crippen LogP contribution in [0.1, 0.15) is 46.1 Å². The van der Waals surface area contributed by atoms with Gasteiger partial charge in [-0.05, 0) is 50.3 Å². The SMILES string of the molecule is CC(C)CN(c1cc(CNC2CC2)ccn1)C(C)C. The van der Waals surface area contributed by atoms with E-state index < -0.39 is 0 Å². The minimum atomic E-state index is 0.488. The van der Waals surface area contributed by atoms with Crippen molar-refractivity contribution in [2.75, 3.05) is 11.4 Å². The molecule has 3 heteroatoms. The largest absolute Gasteiger partial charge is 0.354 e. The van der Waals surface area contributed by atoms with Crippen LogP contribution in [0.25, 0.3) is 0 Å². The molecule has 0 atom stereocenters. The minimum Gasteiger partial charge on any atom is -0.354 e. The lowest BCUT2D eigenvalue weighted by Crippen LogP contribution is -2.34. The summed E-state index contributed by atoms with van der Waals surface area (Å²) in [6, 6.07) is 5.60. The number of pyridine rings is 1. The zero-order valence-electron chi connectivity index (χ0n) is 12.7. The molecule has 106 valence electrons. The van der Waals surface area contributed by atoms with Crippen molar-refractivity contribution < 1.29 is 0 Å². The van der Waals surface area contributed by atoms with Gasteiger partial charge in [0.1, 0.15) is 5.82 Å². The summed E-state index contributed by atoms with van der Waals surface area (Å²) in [5.74, 6) is 1.76. The number of hydrogen-bond acceptors (Lipinski definition) is 3. The Morgan fingerprint density at radius 1 is 1.32 bits per heavy atom. The number of rotatable bonds is 7. The fraction of sp³-hybridized carbons (Fsp3) is 0.688. The van der Waals surface area contributed by atoms with Crippen molar-refractivity contribution in [1.29, 1.82) is 0 Å². The molecule has 3 nitrogen and oxygen atoms in total. The molecule has 1 N–H and O–H groups in total. The molecule has 1 aliphatic rings. The second kappa shape index (κ2) is 6.38. The highest BCUT2D eigenvalue weighted by atomic mass is 15.2. The Balaban J connectivity index is 2.05. The van der Waals surface area contributed by atoms with E-state index in [9.17, 15) is 0 Å². The van der Waals surface area contributed by atoms with Crippen LogP contribution in [0.2, 0.25) is 0 Å². The van der Waals surface area contributed by atoms with E-state index in [0.717, 1.165) is 24.9 Å². The fourth-order valence-electron chi connectivity index (χ4n) is 2.24. The van der Waals surface area contributed by atoms with Gasteiger partial charge in [0.15, 0.2) is 0 Å². The van der Waals surface area contributed by atoms with Crippen LogP contribution in [0.4, 0.5) is 5.82 Å². The number of nitrogens with one attached hydrogen (secondary N) is 1. The van der Waals surface area contributed by atoms with E-state index in [1.165, 1.54) is 18.4 Å². The van der Waals surface area contributed by atoms with E-state index >= 15 is 0 Å². The van der Waals surface area contributed by atoms with Crippen LogP contribution < -0.4 is 10.2 Å². The molecule has 1 aromatic rings.